The zero-order valence-corrected chi connectivity index (χ0v) is 9.51. The Morgan fingerprint density at radius 3 is 3.24 bits per heavy atom. The molecule has 1 aromatic carbocycles. The molecule has 86 valence electrons. The van der Waals surface area contributed by atoms with E-state index in [1.165, 1.54) is 0 Å². The number of aliphatic imine (C=N–C) groups is 2. The van der Waals surface area contributed by atoms with Gasteiger partial charge in [0.05, 0.1) is 12.2 Å². The van der Waals surface area contributed by atoms with Gasteiger partial charge in [-0.25, -0.2) is 4.99 Å². The van der Waals surface area contributed by atoms with Gasteiger partial charge in [-0.15, -0.1) is 0 Å². The summed E-state index contributed by atoms with van der Waals surface area (Å²) in [7, 11) is 0. The van der Waals surface area contributed by atoms with Crippen LogP contribution in [0.15, 0.2) is 33.8 Å². The predicted octanol–water partition coefficient (Wildman–Crippen LogP) is 2.30. The van der Waals surface area contributed by atoms with Crippen molar-refractivity contribution in [3.05, 3.63) is 29.3 Å². The molecule has 0 atom stereocenters. The normalized spacial score (nSPS) is 16.3. The third-order valence-corrected chi connectivity index (χ3v) is 2.59. The van der Waals surface area contributed by atoms with Gasteiger partial charge in [0.25, 0.3) is 0 Å². The molecule has 0 saturated heterocycles. The highest BCUT2D eigenvalue weighted by molar-refractivity contribution is 6.19. The minimum Gasteiger partial charge on any atom is -0.490 e. The first kappa shape index (κ1) is 10.1. The number of hydrogen-bond acceptors (Lipinski definition) is 4. The lowest BCUT2D eigenvalue weighted by Crippen LogP contribution is -2.20. The Labute approximate surface area is 99.3 Å². The fraction of sp³-hybridized carbons (Fsp3) is 0.231. The maximum atomic E-state index is 5.78. The standard InChI is InChI=1S/C13H12N2O2/c1-2-16-11-5-3-4-9-6-10-7-14-8-15-13(10)17-12(9)11/h3-7H,2,8H2,1H3. The van der Waals surface area contributed by atoms with Crippen LogP contribution in [0.1, 0.15) is 12.5 Å². The van der Waals surface area contributed by atoms with Crippen molar-refractivity contribution in [2.75, 3.05) is 13.3 Å². The van der Waals surface area contributed by atoms with Crippen LogP contribution in [0, 0.1) is 0 Å². The van der Waals surface area contributed by atoms with Crippen LogP contribution in [0.25, 0.3) is 6.08 Å². The van der Waals surface area contributed by atoms with Crippen LogP contribution in [0.3, 0.4) is 0 Å². The molecule has 2 heterocycles. The summed E-state index contributed by atoms with van der Waals surface area (Å²) in [6, 6.07) is 5.84. The van der Waals surface area contributed by atoms with Crippen molar-refractivity contribution in [3.63, 3.8) is 0 Å². The van der Waals surface area contributed by atoms with Crippen LogP contribution in [-0.4, -0.2) is 25.4 Å². The van der Waals surface area contributed by atoms with Crippen LogP contribution < -0.4 is 9.47 Å². The average molecular weight is 228 g/mol. The quantitative estimate of drug-likeness (QED) is 0.779. The van der Waals surface area contributed by atoms with Gasteiger partial charge in [0, 0.05) is 11.8 Å². The van der Waals surface area contributed by atoms with Crippen LogP contribution in [-0.2, 0) is 0 Å². The molecule has 0 unspecified atom stereocenters. The fourth-order valence-corrected chi connectivity index (χ4v) is 1.87. The first-order valence-electron chi connectivity index (χ1n) is 5.58. The van der Waals surface area contributed by atoms with Crippen LogP contribution >= 0.6 is 0 Å². The molecule has 0 saturated carbocycles. The summed E-state index contributed by atoms with van der Waals surface area (Å²) >= 11 is 0. The number of benzene rings is 1. The van der Waals surface area contributed by atoms with E-state index in [0.717, 1.165) is 22.6 Å². The molecule has 1 aromatic rings. The van der Waals surface area contributed by atoms with Gasteiger partial charge in [-0.05, 0) is 19.1 Å². The van der Waals surface area contributed by atoms with Gasteiger partial charge in [-0.2, -0.15) is 0 Å². The third kappa shape index (κ3) is 1.71. The monoisotopic (exact) mass is 228 g/mol. The number of para-hydroxylation sites is 1. The molecule has 2 aliphatic heterocycles. The third-order valence-electron chi connectivity index (χ3n) is 2.59. The lowest BCUT2D eigenvalue weighted by molar-refractivity contribution is 0.326. The maximum Gasteiger partial charge on any atom is 0.225 e. The summed E-state index contributed by atoms with van der Waals surface area (Å²) in [6.07, 6.45) is 3.81. The molecular weight excluding hydrogens is 216 g/mol. The molecule has 0 aromatic heterocycles. The van der Waals surface area contributed by atoms with Crippen molar-refractivity contribution >= 4 is 18.2 Å². The predicted molar refractivity (Wildman–Crippen MR) is 67.0 cm³/mol. The van der Waals surface area contributed by atoms with E-state index in [1.807, 2.05) is 31.2 Å². The molecule has 0 amide bonds. The zero-order chi connectivity index (χ0) is 11.7. The number of nitrogens with zero attached hydrogens (tertiary/aromatic N) is 2. The Hall–Kier alpha value is -2.10. The van der Waals surface area contributed by atoms with Gasteiger partial charge >= 0.3 is 0 Å². The van der Waals surface area contributed by atoms with Crippen LogP contribution in [0.2, 0.25) is 0 Å². The molecular formula is C13H12N2O2. The fourth-order valence-electron chi connectivity index (χ4n) is 1.87. The van der Waals surface area contributed by atoms with Crippen molar-refractivity contribution < 1.29 is 9.47 Å². The summed E-state index contributed by atoms with van der Waals surface area (Å²) in [5.74, 6) is 2.12. The second kappa shape index (κ2) is 4.05. The Bertz CT molecular complexity index is 544. The van der Waals surface area contributed by atoms with E-state index in [2.05, 4.69) is 9.98 Å². The number of ether oxygens (including phenoxy) is 2. The molecule has 2 aliphatic rings. The topological polar surface area (TPSA) is 43.2 Å². The number of fused-ring (bicyclic) bond motifs is 2. The highest BCUT2D eigenvalue weighted by atomic mass is 16.5. The minimum absolute atomic E-state index is 0.429. The Kier molecular flexibility index (Phi) is 2.40. The maximum absolute atomic E-state index is 5.78. The van der Waals surface area contributed by atoms with Gasteiger partial charge in [0.2, 0.25) is 5.90 Å². The number of rotatable bonds is 2. The lowest BCUT2D eigenvalue weighted by atomic mass is 10.1. The molecule has 0 bridgehead atoms. The summed E-state index contributed by atoms with van der Waals surface area (Å²) in [6.45, 7) is 3.00. The molecule has 0 spiro atoms. The second-order valence-corrected chi connectivity index (χ2v) is 3.73. The van der Waals surface area contributed by atoms with E-state index < -0.39 is 0 Å². The highest BCUT2D eigenvalue weighted by Crippen LogP contribution is 2.36. The Morgan fingerprint density at radius 1 is 1.41 bits per heavy atom. The Balaban J connectivity index is 2.09. The van der Waals surface area contributed by atoms with Crippen molar-refractivity contribution in [1.29, 1.82) is 0 Å². The van der Waals surface area contributed by atoms with E-state index in [9.17, 15) is 0 Å². The van der Waals surface area contributed by atoms with Gasteiger partial charge in [-0.1, -0.05) is 12.1 Å². The van der Waals surface area contributed by atoms with E-state index in [-0.39, 0.29) is 0 Å². The SMILES string of the molecule is CCOc1cccc2c1OC1=NCN=CC1=C2. The Morgan fingerprint density at radius 2 is 2.35 bits per heavy atom. The lowest BCUT2D eigenvalue weighted by Gasteiger charge is -2.21. The van der Waals surface area contributed by atoms with Gasteiger partial charge in [0.1, 0.15) is 6.67 Å². The van der Waals surface area contributed by atoms with Gasteiger partial charge in [-0.3, -0.25) is 4.99 Å². The smallest absolute Gasteiger partial charge is 0.225 e. The number of hydrogen-bond donors (Lipinski definition) is 0. The van der Waals surface area contributed by atoms with Crippen LogP contribution in [0.4, 0.5) is 0 Å². The molecule has 0 N–H and O–H groups in total. The largest absolute Gasteiger partial charge is 0.490 e. The molecule has 3 rings (SSSR count). The summed E-state index contributed by atoms with van der Waals surface area (Å²) in [5, 5.41) is 0. The van der Waals surface area contributed by atoms with Crippen molar-refractivity contribution in [1.82, 2.24) is 0 Å². The van der Waals surface area contributed by atoms with Crippen molar-refractivity contribution in [3.8, 4) is 11.5 Å². The van der Waals surface area contributed by atoms with Crippen molar-refractivity contribution in [2.24, 2.45) is 9.98 Å². The molecule has 4 nitrogen and oxygen atoms in total. The first-order valence-corrected chi connectivity index (χ1v) is 5.58. The molecule has 4 heteroatoms. The summed E-state index contributed by atoms with van der Waals surface area (Å²) in [5.41, 5.74) is 1.91. The van der Waals surface area contributed by atoms with Gasteiger partial charge < -0.3 is 9.47 Å². The van der Waals surface area contributed by atoms with E-state index in [4.69, 9.17) is 9.47 Å². The summed E-state index contributed by atoms with van der Waals surface area (Å²) < 4.78 is 11.3. The zero-order valence-electron chi connectivity index (χ0n) is 9.51. The van der Waals surface area contributed by atoms with E-state index in [0.29, 0.717) is 19.2 Å². The summed E-state index contributed by atoms with van der Waals surface area (Å²) in [4.78, 5) is 8.33. The first-order chi connectivity index (χ1) is 8.38. The minimum atomic E-state index is 0.429. The van der Waals surface area contributed by atoms with E-state index >= 15 is 0 Å². The van der Waals surface area contributed by atoms with Crippen LogP contribution in [0.5, 0.6) is 11.5 Å². The average Bonchev–Trinajstić information content (AvgIpc) is 2.37. The highest BCUT2D eigenvalue weighted by Gasteiger charge is 2.21. The molecule has 0 radical (unpaired) electrons. The molecule has 17 heavy (non-hydrogen) atoms. The van der Waals surface area contributed by atoms with Gasteiger partial charge in [0.15, 0.2) is 11.5 Å². The van der Waals surface area contributed by atoms with E-state index in [1.54, 1.807) is 6.21 Å². The molecule has 0 fully saturated rings. The molecule has 0 aliphatic carbocycles. The van der Waals surface area contributed by atoms with Crippen molar-refractivity contribution in [2.45, 2.75) is 6.92 Å². The second-order valence-electron chi connectivity index (χ2n) is 3.73.